The van der Waals surface area contributed by atoms with Gasteiger partial charge >= 0.3 is 0 Å². The second-order valence-electron chi connectivity index (χ2n) is 8.19. The first-order chi connectivity index (χ1) is 14.1. The predicted octanol–water partition coefficient (Wildman–Crippen LogP) is 5.40. The van der Waals surface area contributed by atoms with Gasteiger partial charge in [-0.05, 0) is 56.2 Å². The molecule has 0 saturated heterocycles. The summed E-state index contributed by atoms with van der Waals surface area (Å²) in [6, 6.07) is 5.40. The average Bonchev–Trinajstić information content (AvgIpc) is 3.00. The second-order valence-corrected chi connectivity index (χ2v) is 9.11. The number of hydrogen-bond donors (Lipinski definition) is 2. The molecule has 3 atom stereocenters. The molecule has 0 aliphatic carbocycles. The molecule has 160 valence electrons. The van der Waals surface area contributed by atoms with E-state index in [1.807, 2.05) is 6.92 Å². The number of rotatable bonds is 4. The number of aromatic amines is 1. The van der Waals surface area contributed by atoms with E-state index >= 15 is 8.78 Å². The first-order valence-corrected chi connectivity index (χ1v) is 10.4. The molecule has 3 unspecified atom stereocenters. The van der Waals surface area contributed by atoms with Gasteiger partial charge in [0.25, 0.3) is 0 Å². The van der Waals surface area contributed by atoms with Crippen LogP contribution in [0.4, 0.5) is 17.6 Å². The SMILES string of the molecule is CC1Cc2c([nH]c3cc(F)ccc23)C(c2c(F)cc(Br)cc2F)N1CC(C)(F)CO. The lowest BCUT2D eigenvalue weighted by Gasteiger charge is -2.43. The van der Waals surface area contributed by atoms with Crippen molar-refractivity contribution in [3.8, 4) is 0 Å². The Hall–Kier alpha value is -1.90. The topological polar surface area (TPSA) is 39.3 Å². The molecule has 2 aromatic carbocycles. The fourth-order valence-corrected chi connectivity index (χ4v) is 4.74. The lowest BCUT2D eigenvalue weighted by atomic mass is 9.87. The van der Waals surface area contributed by atoms with Crippen LogP contribution in [-0.2, 0) is 6.42 Å². The number of H-pyrrole nitrogens is 1. The highest BCUT2D eigenvalue weighted by molar-refractivity contribution is 9.10. The number of hydrogen-bond acceptors (Lipinski definition) is 2. The Balaban J connectivity index is 1.97. The number of aliphatic hydroxyl groups excluding tert-OH is 1. The van der Waals surface area contributed by atoms with Crippen LogP contribution in [0.25, 0.3) is 10.9 Å². The number of benzene rings is 2. The molecule has 30 heavy (non-hydrogen) atoms. The van der Waals surface area contributed by atoms with Crippen molar-refractivity contribution in [1.29, 1.82) is 0 Å². The van der Waals surface area contributed by atoms with E-state index in [2.05, 4.69) is 20.9 Å². The van der Waals surface area contributed by atoms with E-state index in [0.29, 0.717) is 17.6 Å². The molecule has 8 heteroatoms. The highest BCUT2D eigenvalue weighted by Gasteiger charge is 2.41. The molecule has 0 spiro atoms. The van der Waals surface area contributed by atoms with Crippen molar-refractivity contribution in [1.82, 2.24) is 9.88 Å². The summed E-state index contributed by atoms with van der Waals surface area (Å²) >= 11 is 3.09. The van der Waals surface area contributed by atoms with Gasteiger partial charge in [-0.15, -0.1) is 0 Å². The zero-order valence-electron chi connectivity index (χ0n) is 16.4. The van der Waals surface area contributed by atoms with E-state index < -0.39 is 35.8 Å². The Morgan fingerprint density at radius 1 is 1.20 bits per heavy atom. The summed E-state index contributed by atoms with van der Waals surface area (Å²) in [4.78, 5) is 4.77. The highest BCUT2D eigenvalue weighted by atomic mass is 79.9. The molecule has 0 radical (unpaired) electrons. The van der Waals surface area contributed by atoms with Crippen LogP contribution in [-0.4, -0.2) is 39.9 Å². The molecule has 0 bridgehead atoms. The maximum atomic E-state index is 15.0. The summed E-state index contributed by atoms with van der Waals surface area (Å²) in [5.74, 6) is -1.97. The molecule has 3 aromatic rings. The average molecular weight is 485 g/mol. The van der Waals surface area contributed by atoms with E-state index in [4.69, 9.17) is 0 Å². The number of aromatic nitrogens is 1. The summed E-state index contributed by atoms with van der Waals surface area (Å²) in [5, 5.41) is 10.2. The normalized spacial score (nSPS) is 21.6. The summed E-state index contributed by atoms with van der Waals surface area (Å²) in [6.45, 7) is 2.15. The molecule has 0 amide bonds. The molecule has 4 rings (SSSR count). The predicted molar refractivity (Wildman–Crippen MR) is 111 cm³/mol. The molecular formula is C22H21BrF4N2O. The Morgan fingerprint density at radius 3 is 2.50 bits per heavy atom. The lowest BCUT2D eigenvalue weighted by Crippen LogP contribution is -2.50. The number of nitrogens with one attached hydrogen (secondary N) is 1. The van der Waals surface area contributed by atoms with Crippen LogP contribution >= 0.6 is 15.9 Å². The van der Waals surface area contributed by atoms with E-state index in [-0.39, 0.29) is 22.6 Å². The van der Waals surface area contributed by atoms with Gasteiger partial charge in [0.15, 0.2) is 0 Å². The van der Waals surface area contributed by atoms with Crippen LogP contribution in [0.5, 0.6) is 0 Å². The highest BCUT2D eigenvalue weighted by Crippen LogP contribution is 2.43. The first-order valence-electron chi connectivity index (χ1n) is 9.61. The summed E-state index contributed by atoms with van der Waals surface area (Å²) in [7, 11) is 0. The number of aliphatic hydroxyl groups is 1. The third-order valence-electron chi connectivity index (χ3n) is 5.73. The summed E-state index contributed by atoms with van der Waals surface area (Å²) in [6.07, 6.45) is 0.485. The van der Waals surface area contributed by atoms with Crippen molar-refractivity contribution in [3.63, 3.8) is 0 Å². The molecule has 1 aliphatic heterocycles. The third kappa shape index (κ3) is 3.65. The minimum Gasteiger partial charge on any atom is -0.393 e. The molecule has 1 aliphatic rings. The standard InChI is InChI=1S/C22H21BrF4N2O/c1-11-5-15-14-4-3-13(24)8-18(14)28-20(15)21(29(11)9-22(2,27)10-30)19-16(25)6-12(23)7-17(19)26/h3-4,6-8,11,21,28,30H,5,9-10H2,1-2H3. The van der Waals surface area contributed by atoms with Crippen molar-refractivity contribution in [3.05, 3.63) is 69.1 Å². The molecule has 1 aromatic heterocycles. The summed E-state index contributed by atoms with van der Waals surface area (Å²) in [5.41, 5.74) is -0.341. The zero-order valence-corrected chi connectivity index (χ0v) is 18.0. The van der Waals surface area contributed by atoms with Crippen LogP contribution in [0.2, 0.25) is 0 Å². The smallest absolute Gasteiger partial charge is 0.143 e. The lowest BCUT2D eigenvalue weighted by molar-refractivity contribution is 0.0162. The van der Waals surface area contributed by atoms with Crippen molar-refractivity contribution < 1.29 is 22.7 Å². The number of alkyl halides is 1. The zero-order chi connectivity index (χ0) is 21.8. The van der Waals surface area contributed by atoms with E-state index in [0.717, 1.165) is 10.9 Å². The van der Waals surface area contributed by atoms with Gasteiger partial charge in [0.2, 0.25) is 0 Å². The summed E-state index contributed by atoms with van der Waals surface area (Å²) < 4.78 is 58.9. The van der Waals surface area contributed by atoms with Crippen LogP contribution in [0.15, 0.2) is 34.8 Å². The fraction of sp³-hybridized carbons (Fsp3) is 0.364. The second kappa shape index (κ2) is 7.66. The van der Waals surface area contributed by atoms with Crippen molar-refractivity contribution in [2.24, 2.45) is 0 Å². The van der Waals surface area contributed by atoms with Gasteiger partial charge in [-0.3, -0.25) is 4.90 Å². The Morgan fingerprint density at radius 2 is 1.87 bits per heavy atom. The van der Waals surface area contributed by atoms with Crippen LogP contribution < -0.4 is 0 Å². The number of nitrogens with zero attached hydrogens (tertiary/aromatic N) is 1. The maximum Gasteiger partial charge on any atom is 0.143 e. The van der Waals surface area contributed by atoms with Gasteiger partial charge in [0.1, 0.15) is 23.1 Å². The van der Waals surface area contributed by atoms with Gasteiger partial charge in [0, 0.05) is 39.2 Å². The monoisotopic (exact) mass is 484 g/mol. The Labute approximate surface area is 179 Å². The molecular weight excluding hydrogens is 464 g/mol. The minimum atomic E-state index is -1.97. The van der Waals surface area contributed by atoms with Crippen molar-refractivity contribution in [2.75, 3.05) is 13.2 Å². The Kier molecular flexibility index (Phi) is 5.45. The van der Waals surface area contributed by atoms with Gasteiger partial charge < -0.3 is 10.1 Å². The van der Waals surface area contributed by atoms with Gasteiger partial charge in [-0.1, -0.05) is 15.9 Å². The van der Waals surface area contributed by atoms with Crippen molar-refractivity contribution >= 4 is 26.8 Å². The number of fused-ring (bicyclic) bond motifs is 3. The van der Waals surface area contributed by atoms with Crippen molar-refractivity contribution in [2.45, 2.75) is 38.0 Å². The minimum absolute atomic E-state index is 0.216. The van der Waals surface area contributed by atoms with Crippen LogP contribution in [0, 0.1) is 17.5 Å². The van der Waals surface area contributed by atoms with Crippen LogP contribution in [0.1, 0.15) is 36.7 Å². The molecule has 0 saturated carbocycles. The first kappa shape index (κ1) is 21.3. The molecule has 2 heterocycles. The maximum absolute atomic E-state index is 15.0. The largest absolute Gasteiger partial charge is 0.393 e. The quantitative estimate of drug-likeness (QED) is 0.486. The van der Waals surface area contributed by atoms with E-state index in [9.17, 15) is 13.9 Å². The van der Waals surface area contributed by atoms with E-state index in [1.165, 1.54) is 31.2 Å². The molecule has 2 N–H and O–H groups in total. The van der Waals surface area contributed by atoms with Gasteiger partial charge in [0.05, 0.1) is 12.6 Å². The fourth-order valence-electron chi connectivity index (χ4n) is 4.34. The molecule has 3 nitrogen and oxygen atoms in total. The third-order valence-corrected chi connectivity index (χ3v) is 6.19. The van der Waals surface area contributed by atoms with Crippen LogP contribution in [0.3, 0.4) is 0 Å². The van der Waals surface area contributed by atoms with Gasteiger partial charge in [-0.2, -0.15) is 0 Å². The van der Waals surface area contributed by atoms with Gasteiger partial charge in [-0.25, -0.2) is 17.6 Å². The van der Waals surface area contributed by atoms with E-state index in [1.54, 1.807) is 11.0 Å². The Bertz CT molecular complexity index is 1090. The number of halogens is 5. The molecule has 0 fully saturated rings.